The van der Waals surface area contributed by atoms with Crippen LogP contribution in [0.15, 0.2) is 23.3 Å². The Hall–Kier alpha value is -2.15. The lowest BCUT2D eigenvalue weighted by atomic mass is 9.99. The van der Waals surface area contributed by atoms with Crippen molar-refractivity contribution < 1.29 is 24.5 Å². The number of benzene rings is 1. The largest absolute Gasteiger partial charge is 0.481 e. The van der Waals surface area contributed by atoms with Gasteiger partial charge >= 0.3 is 5.97 Å². The molecule has 3 N–H and O–H groups in total. The number of aliphatic carboxylic acids is 1. The first-order chi connectivity index (χ1) is 9.95. The van der Waals surface area contributed by atoms with Crippen molar-refractivity contribution in [3.8, 4) is 0 Å². The summed E-state index contributed by atoms with van der Waals surface area (Å²) in [5.41, 5.74) is 8.53. The molecule has 1 aromatic carbocycles. The van der Waals surface area contributed by atoms with Crippen molar-refractivity contribution in [3.05, 3.63) is 45.6 Å². The number of aliphatic hydroxyl groups is 2. The Morgan fingerprint density at radius 3 is 2.71 bits per heavy atom. The molecular weight excluding hydrogens is 281 g/mol. The van der Waals surface area contributed by atoms with E-state index in [1.165, 1.54) is 12.1 Å². The monoisotopic (exact) mass is 297 g/mol. The van der Waals surface area contributed by atoms with E-state index in [0.29, 0.717) is 0 Å². The van der Waals surface area contributed by atoms with Gasteiger partial charge in [0.2, 0.25) is 0 Å². The van der Waals surface area contributed by atoms with Gasteiger partial charge in [-0.15, -0.1) is 0 Å². The molecule has 0 radical (unpaired) electrons. The zero-order chi connectivity index (χ0) is 15.8. The third-order valence-corrected chi connectivity index (χ3v) is 2.98. The second kappa shape index (κ2) is 8.21. The highest BCUT2D eigenvalue weighted by Gasteiger charge is 2.19. The van der Waals surface area contributed by atoms with Gasteiger partial charge in [-0.1, -0.05) is 17.2 Å². The Balaban J connectivity index is 2.72. The maximum absolute atomic E-state index is 13.8. The Morgan fingerprint density at radius 1 is 1.43 bits per heavy atom. The van der Waals surface area contributed by atoms with Crippen LogP contribution in [0.25, 0.3) is 10.4 Å². The minimum absolute atomic E-state index is 0.0217. The maximum atomic E-state index is 13.8. The first kappa shape index (κ1) is 16.9. The number of rotatable bonds is 8. The first-order valence-electron chi connectivity index (χ1n) is 6.32. The topological polar surface area (TPSA) is 127 Å². The summed E-state index contributed by atoms with van der Waals surface area (Å²) in [7, 11) is 0. The van der Waals surface area contributed by atoms with Gasteiger partial charge < -0.3 is 15.3 Å². The second-order valence-corrected chi connectivity index (χ2v) is 4.50. The van der Waals surface area contributed by atoms with Crippen molar-refractivity contribution in [2.45, 2.75) is 31.5 Å². The molecule has 1 aromatic rings. The molecule has 0 aliphatic carbocycles. The summed E-state index contributed by atoms with van der Waals surface area (Å²) in [6.07, 6.45) is -2.57. The highest BCUT2D eigenvalue weighted by Crippen LogP contribution is 2.22. The molecule has 0 saturated heterocycles. The van der Waals surface area contributed by atoms with Crippen molar-refractivity contribution in [1.82, 2.24) is 0 Å². The van der Waals surface area contributed by atoms with E-state index in [0.717, 1.165) is 6.07 Å². The fraction of sp³-hybridized carbons (Fsp3) is 0.462. The van der Waals surface area contributed by atoms with Crippen LogP contribution in [0.2, 0.25) is 0 Å². The fourth-order valence-corrected chi connectivity index (χ4v) is 1.81. The Morgan fingerprint density at radius 2 is 2.14 bits per heavy atom. The number of halogens is 1. The molecule has 1 rings (SSSR count). The molecular formula is C13H16FN3O4. The van der Waals surface area contributed by atoms with E-state index in [1.54, 1.807) is 0 Å². The fourth-order valence-electron chi connectivity index (χ4n) is 1.81. The zero-order valence-electron chi connectivity index (χ0n) is 11.2. The summed E-state index contributed by atoms with van der Waals surface area (Å²) < 4.78 is 13.8. The normalized spacial score (nSPS) is 13.3. The standard InChI is InChI=1S/C13H16FN3O4/c14-10-7-9(2-1-8(10)3-4-12(19)20)13(21)11(18)5-6-16-17-15/h1-2,7,11,13,18,21H,3-6H2,(H,19,20). The van der Waals surface area contributed by atoms with Crippen molar-refractivity contribution in [3.63, 3.8) is 0 Å². The number of carboxylic acids is 1. The molecule has 0 bridgehead atoms. The average Bonchev–Trinajstić information content (AvgIpc) is 2.45. The highest BCUT2D eigenvalue weighted by molar-refractivity contribution is 5.67. The van der Waals surface area contributed by atoms with E-state index in [4.69, 9.17) is 10.6 Å². The van der Waals surface area contributed by atoms with Crippen LogP contribution in [0.4, 0.5) is 4.39 Å². The number of carboxylic acid groups (broad SMARTS) is 1. The third kappa shape index (κ3) is 5.39. The minimum Gasteiger partial charge on any atom is -0.481 e. The van der Waals surface area contributed by atoms with E-state index in [2.05, 4.69) is 10.0 Å². The predicted molar refractivity (Wildman–Crippen MR) is 72.0 cm³/mol. The van der Waals surface area contributed by atoms with Crippen molar-refractivity contribution in [1.29, 1.82) is 0 Å². The summed E-state index contributed by atoms with van der Waals surface area (Å²) >= 11 is 0. The molecule has 0 amide bonds. The Kier molecular flexibility index (Phi) is 6.61. The molecule has 0 saturated carbocycles. The van der Waals surface area contributed by atoms with Crippen LogP contribution in [-0.2, 0) is 11.2 Å². The Bertz CT molecular complexity index is 546. The van der Waals surface area contributed by atoms with Crippen LogP contribution in [0.1, 0.15) is 30.1 Å². The van der Waals surface area contributed by atoms with Gasteiger partial charge in [-0.3, -0.25) is 4.79 Å². The smallest absolute Gasteiger partial charge is 0.303 e. The van der Waals surface area contributed by atoms with Crippen molar-refractivity contribution >= 4 is 5.97 Å². The molecule has 0 aliphatic rings. The van der Waals surface area contributed by atoms with Gasteiger partial charge in [0, 0.05) is 17.9 Å². The Labute approximate surface area is 120 Å². The van der Waals surface area contributed by atoms with Crippen LogP contribution >= 0.6 is 0 Å². The van der Waals surface area contributed by atoms with Gasteiger partial charge in [0.1, 0.15) is 11.9 Å². The third-order valence-electron chi connectivity index (χ3n) is 2.98. The van der Waals surface area contributed by atoms with Gasteiger partial charge in [-0.25, -0.2) is 4.39 Å². The first-order valence-corrected chi connectivity index (χ1v) is 6.32. The number of carbonyl (C=O) groups is 1. The molecule has 114 valence electrons. The van der Waals surface area contributed by atoms with Crippen molar-refractivity contribution in [2.24, 2.45) is 5.11 Å². The van der Waals surface area contributed by atoms with E-state index < -0.39 is 24.0 Å². The van der Waals surface area contributed by atoms with Crippen LogP contribution in [-0.4, -0.2) is 33.9 Å². The SMILES string of the molecule is [N-]=[N+]=NCCC(O)C(O)c1ccc(CCC(=O)O)c(F)c1. The number of azide groups is 1. The van der Waals surface area contributed by atoms with E-state index in [1.807, 2.05) is 0 Å². The molecule has 0 heterocycles. The number of aliphatic hydroxyl groups excluding tert-OH is 2. The van der Waals surface area contributed by atoms with Gasteiger partial charge in [0.25, 0.3) is 0 Å². The van der Waals surface area contributed by atoms with E-state index in [-0.39, 0.29) is 36.9 Å². The molecule has 0 spiro atoms. The second-order valence-electron chi connectivity index (χ2n) is 4.50. The molecule has 8 heteroatoms. The van der Waals surface area contributed by atoms with Gasteiger partial charge in [-0.05, 0) is 35.6 Å². The van der Waals surface area contributed by atoms with Gasteiger partial charge in [-0.2, -0.15) is 0 Å². The number of hydrogen-bond acceptors (Lipinski definition) is 4. The molecule has 0 aliphatic heterocycles. The summed E-state index contributed by atoms with van der Waals surface area (Å²) in [4.78, 5) is 13.0. The maximum Gasteiger partial charge on any atom is 0.303 e. The quantitative estimate of drug-likeness (QED) is 0.385. The van der Waals surface area contributed by atoms with Crippen LogP contribution in [0.5, 0.6) is 0 Å². The summed E-state index contributed by atoms with van der Waals surface area (Å²) in [6, 6.07) is 3.89. The molecule has 2 atom stereocenters. The average molecular weight is 297 g/mol. The van der Waals surface area contributed by atoms with Crippen LogP contribution in [0, 0.1) is 5.82 Å². The molecule has 2 unspecified atom stereocenters. The summed E-state index contributed by atoms with van der Waals surface area (Å²) in [5.74, 6) is -1.65. The predicted octanol–water partition coefficient (Wildman–Crippen LogP) is 1.94. The lowest BCUT2D eigenvalue weighted by molar-refractivity contribution is -0.136. The van der Waals surface area contributed by atoms with Crippen LogP contribution < -0.4 is 0 Å². The molecule has 21 heavy (non-hydrogen) atoms. The van der Waals surface area contributed by atoms with Gasteiger partial charge in [0.05, 0.1) is 6.10 Å². The van der Waals surface area contributed by atoms with E-state index in [9.17, 15) is 19.4 Å². The highest BCUT2D eigenvalue weighted by atomic mass is 19.1. The van der Waals surface area contributed by atoms with Gasteiger partial charge in [0.15, 0.2) is 0 Å². The van der Waals surface area contributed by atoms with Crippen molar-refractivity contribution in [2.75, 3.05) is 6.54 Å². The molecule has 0 aromatic heterocycles. The number of aryl methyl sites for hydroxylation is 1. The lowest BCUT2D eigenvalue weighted by Gasteiger charge is -2.18. The lowest BCUT2D eigenvalue weighted by Crippen LogP contribution is -2.19. The zero-order valence-corrected chi connectivity index (χ0v) is 11.2. The summed E-state index contributed by atoms with van der Waals surface area (Å²) in [5, 5.41) is 31.4. The number of hydrogen-bond donors (Lipinski definition) is 3. The molecule has 7 nitrogen and oxygen atoms in total. The van der Waals surface area contributed by atoms with E-state index >= 15 is 0 Å². The summed E-state index contributed by atoms with van der Waals surface area (Å²) in [6.45, 7) is 0.0217. The minimum atomic E-state index is -1.30. The van der Waals surface area contributed by atoms with Crippen LogP contribution in [0.3, 0.4) is 0 Å². The number of nitrogens with zero attached hydrogens (tertiary/aromatic N) is 3. The molecule has 0 fully saturated rings.